The number of benzene rings is 2. The molecule has 2 aromatic carbocycles. The van der Waals surface area contributed by atoms with Crippen LogP contribution in [0.25, 0.3) is 0 Å². The fourth-order valence-electron chi connectivity index (χ4n) is 2.02. The van der Waals surface area contributed by atoms with Crippen LogP contribution in [0, 0.1) is 6.92 Å². The molecule has 124 valence electrons. The zero-order valence-electron chi connectivity index (χ0n) is 13.0. The summed E-state index contributed by atoms with van der Waals surface area (Å²) in [5, 5.41) is 3.22. The van der Waals surface area contributed by atoms with Gasteiger partial charge >= 0.3 is 0 Å². The molecule has 0 saturated heterocycles. The maximum absolute atomic E-state index is 12.2. The maximum Gasteiger partial charge on any atom is 0.272 e. The molecule has 2 rings (SSSR count). The van der Waals surface area contributed by atoms with Crippen molar-refractivity contribution in [3.63, 3.8) is 0 Å². The topological polar surface area (TPSA) is 38.3 Å². The van der Waals surface area contributed by atoms with Gasteiger partial charge in [0.2, 0.25) is 0 Å². The van der Waals surface area contributed by atoms with Gasteiger partial charge in [0.25, 0.3) is 6.43 Å². The molecule has 0 bridgehead atoms. The summed E-state index contributed by atoms with van der Waals surface area (Å²) in [6.07, 6.45) is -0.853. The van der Waals surface area contributed by atoms with Crippen LogP contribution in [0.15, 0.2) is 47.4 Å². The van der Waals surface area contributed by atoms with Crippen molar-refractivity contribution in [1.29, 1.82) is 0 Å². The summed E-state index contributed by atoms with van der Waals surface area (Å²) >= 11 is 0. The van der Waals surface area contributed by atoms with E-state index in [9.17, 15) is 13.0 Å². The minimum Gasteiger partial charge on any atom is -0.487 e. The summed E-state index contributed by atoms with van der Waals surface area (Å²) in [5.41, 5.74) is 2.64. The second kappa shape index (κ2) is 8.06. The zero-order valence-corrected chi connectivity index (χ0v) is 13.8. The lowest BCUT2D eigenvalue weighted by atomic mass is 10.2. The van der Waals surface area contributed by atoms with E-state index in [1.807, 2.05) is 43.3 Å². The Labute approximate surface area is 137 Å². The van der Waals surface area contributed by atoms with Gasteiger partial charge in [-0.05, 0) is 36.2 Å². The van der Waals surface area contributed by atoms with Gasteiger partial charge in [-0.2, -0.15) is 0 Å². The van der Waals surface area contributed by atoms with E-state index in [0.717, 1.165) is 21.7 Å². The Kier molecular flexibility index (Phi) is 6.10. The Balaban J connectivity index is 1.99. The first kappa shape index (κ1) is 17.4. The van der Waals surface area contributed by atoms with Crippen molar-refractivity contribution in [2.24, 2.45) is 0 Å². The van der Waals surface area contributed by atoms with Crippen LogP contribution in [-0.4, -0.2) is 23.5 Å². The average molecular weight is 339 g/mol. The fraction of sp³-hybridized carbons (Fsp3) is 0.294. The summed E-state index contributed by atoms with van der Waals surface area (Å²) in [6.45, 7) is 1.78. The zero-order chi connectivity index (χ0) is 16.8. The number of alkyl halides is 2. The molecule has 2 aromatic rings. The van der Waals surface area contributed by atoms with E-state index in [-0.39, 0.29) is 0 Å². The van der Waals surface area contributed by atoms with Crippen molar-refractivity contribution in [3.8, 4) is 5.75 Å². The van der Waals surface area contributed by atoms with Gasteiger partial charge in [0.05, 0.1) is 0 Å². The van der Waals surface area contributed by atoms with Crippen LogP contribution >= 0.6 is 0 Å². The number of ether oxygens (including phenoxy) is 1. The first-order valence-corrected chi connectivity index (χ1v) is 8.69. The van der Waals surface area contributed by atoms with Crippen LogP contribution in [-0.2, 0) is 17.3 Å². The number of rotatable bonds is 7. The Morgan fingerprint density at radius 2 is 1.87 bits per heavy atom. The number of halogens is 2. The highest BCUT2D eigenvalue weighted by Gasteiger charge is 2.07. The molecule has 6 heteroatoms. The number of hydrogen-bond acceptors (Lipinski definition) is 3. The minimum absolute atomic E-state index is 0.451. The van der Waals surface area contributed by atoms with Crippen LogP contribution in [0.2, 0.25) is 0 Å². The maximum atomic E-state index is 12.2. The van der Waals surface area contributed by atoms with Gasteiger partial charge in [-0.1, -0.05) is 18.2 Å². The predicted molar refractivity (Wildman–Crippen MR) is 88.8 cm³/mol. The van der Waals surface area contributed by atoms with E-state index < -0.39 is 23.8 Å². The molecule has 0 aromatic heterocycles. The highest BCUT2D eigenvalue weighted by molar-refractivity contribution is 7.84. The molecule has 0 heterocycles. The molecule has 1 N–H and O–H groups in total. The molecule has 0 saturated carbocycles. The molecule has 0 unspecified atom stereocenters. The van der Waals surface area contributed by atoms with Gasteiger partial charge in [0.1, 0.15) is 12.4 Å². The predicted octanol–water partition coefficient (Wildman–Crippen LogP) is 3.99. The highest BCUT2D eigenvalue weighted by atomic mass is 32.2. The summed E-state index contributed by atoms with van der Waals surface area (Å²) < 4.78 is 41.0. The van der Waals surface area contributed by atoms with Crippen molar-refractivity contribution in [2.45, 2.75) is 24.8 Å². The quantitative estimate of drug-likeness (QED) is 0.829. The highest BCUT2D eigenvalue weighted by Crippen LogP contribution is 2.23. The second-order valence-corrected chi connectivity index (χ2v) is 6.51. The summed E-state index contributed by atoms with van der Waals surface area (Å²) in [4.78, 5) is 0.784. The van der Waals surface area contributed by atoms with Gasteiger partial charge in [-0.25, -0.2) is 8.78 Å². The van der Waals surface area contributed by atoms with Crippen molar-refractivity contribution in [1.82, 2.24) is 0 Å². The molecule has 0 spiro atoms. The summed E-state index contributed by atoms with van der Waals surface area (Å²) in [5.74, 6) is 0.451. The Hall–Kier alpha value is -1.95. The van der Waals surface area contributed by atoms with E-state index in [0.29, 0.717) is 12.3 Å². The lowest BCUT2D eigenvalue weighted by Crippen LogP contribution is -2.08. The van der Waals surface area contributed by atoms with Gasteiger partial charge in [0, 0.05) is 40.2 Å². The smallest absolute Gasteiger partial charge is 0.272 e. The molecule has 0 aliphatic rings. The molecule has 0 aliphatic carbocycles. The molecular formula is C17H19F2NO2S. The van der Waals surface area contributed by atoms with Crippen LogP contribution in [0.4, 0.5) is 14.5 Å². The number of nitrogens with one attached hydrogen (secondary N) is 1. The van der Waals surface area contributed by atoms with Crippen LogP contribution in [0.1, 0.15) is 11.1 Å². The lowest BCUT2D eigenvalue weighted by molar-refractivity contribution is 0.0816. The van der Waals surface area contributed by atoms with Gasteiger partial charge in [-0.15, -0.1) is 0 Å². The second-order valence-electron chi connectivity index (χ2n) is 5.13. The molecule has 3 nitrogen and oxygen atoms in total. The fourth-order valence-corrected chi connectivity index (χ4v) is 2.54. The molecule has 1 atom stereocenters. The molecule has 0 radical (unpaired) electrons. The van der Waals surface area contributed by atoms with Crippen molar-refractivity contribution in [3.05, 3.63) is 53.6 Å². The number of anilines is 1. The van der Waals surface area contributed by atoms with E-state index >= 15 is 0 Å². The molecule has 23 heavy (non-hydrogen) atoms. The van der Waals surface area contributed by atoms with E-state index in [2.05, 4.69) is 5.32 Å². The first-order valence-electron chi connectivity index (χ1n) is 7.13. The van der Waals surface area contributed by atoms with Crippen molar-refractivity contribution in [2.75, 3.05) is 18.2 Å². The Morgan fingerprint density at radius 1 is 1.17 bits per heavy atom. The van der Waals surface area contributed by atoms with Crippen LogP contribution in [0.5, 0.6) is 5.75 Å². The third-order valence-corrected chi connectivity index (χ3v) is 4.24. The van der Waals surface area contributed by atoms with E-state index in [1.54, 1.807) is 12.3 Å². The third kappa shape index (κ3) is 5.32. The average Bonchev–Trinajstić information content (AvgIpc) is 2.53. The monoisotopic (exact) mass is 339 g/mol. The van der Waals surface area contributed by atoms with E-state index in [4.69, 9.17) is 4.74 Å². The molecule has 0 amide bonds. The number of aryl methyl sites for hydroxylation is 1. The standard InChI is InChI=1S/C17H19F2NO2S/c1-12-3-6-14(9-16(12)22-11-17(18)19)20-10-13-4-7-15(8-5-13)23(2)21/h3-9,17,20H,10-11H2,1-2H3/t23-/m0/s1. The van der Waals surface area contributed by atoms with Gasteiger partial charge < -0.3 is 10.1 Å². The SMILES string of the molecule is Cc1ccc(NCc2ccc([S@](C)=O)cc2)cc1OCC(F)F. The lowest BCUT2D eigenvalue weighted by Gasteiger charge is -2.12. The number of hydrogen-bond donors (Lipinski definition) is 1. The van der Waals surface area contributed by atoms with Gasteiger partial charge in [0.15, 0.2) is 0 Å². The summed E-state index contributed by atoms with van der Waals surface area (Å²) in [6, 6.07) is 12.9. The van der Waals surface area contributed by atoms with Crippen LogP contribution in [0.3, 0.4) is 0 Å². The van der Waals surface area contributed by atoms with E-state index in [1.165, 1.54) is 0 Å². The minimum atomic E-state index is -2.49. The van der Waals surface area contributed by atoms with Gasteiger partial charge in [-0.3, -0.25) is 4.21 Å². The first-order chi connectivity index (χ1) is 11.0. The Morgan fingerprint density at radius 3 is 2.48 bits per heavy atom. The summed E-state index contributed by atoms with van der Waals surface area (Å²) in [7, 11) is -0.987. The molecule has 0 aliphatic heterocycles. The van der Waals surface area contributed by atoms with Crippen LogP contribution < -0.4 is 10.1 Å². The molecular weight excluding hydrogens is 320 g/mol. The van der Waals surface area contributed by atoms with Crippen molar-refractivity contribution >= 4 is 16.5 Å². The molecule has 0 fully saturated rings. The largest absolute Gasteiger partial charge is 0.487 e. The Bertz CT molecular complexity index is 675. The normalized spacial score (nSPS) is 12.2. The van der Waals surface area contributed by atoms with Crippen molar-refractivity contribution < 1.29 is 17.7 Å². The third-order valence-electron chi connectivity index (χ3n) is 3.30.